The smallest absolute Gasteiger partial charge is 0.228 e. The van der Waals surface area contributed by atoms with E-state index in [1.54, 1.807) is 6.92 Å². The molecule has 2 saturated heterocycles. The summed E-state index contributed by atoms with van der Waals surface area (Å²) in [5, 5.41) is 9.31. The van der Waals surface area contributed by atoms with Crippen molar-refractivity contribution in [1.29, 1.82) is 0 Å². The summed E-state index contributed by atoms with van der Waals surface area (Å²) in [4.78, 5) is 16.3. The Morgan fingerprint density at radius 1 is 1.41 bits per heavy atom. The van der Waals surface area contributed by atoms with Gasteiger partial charge in [0.1, 0.15) is 0 Å². The zero-order valence-electron chi connectivity index (χ0n) is 10.5. The summed E-state index contributed by atoms with van der Waals surface area (Å²) in [5.74, 6) is 0.331. The molecule has 5 heteroatoms. The van der Waals surface area contributed by atoms with Crippen LogP contribution in [0.5, 0.6) is 0 Å². The van der Waals surface area contributed by atoms with Crippen molar-refractivity contribution in [2.45, 2.75) is 19.4 Å². The maximum atomic E-state index is 12.1. The van der Waals surface area contributed by atoms with Gasteiger partial charge in [-0.05, 0) is 13.3 Å². The fourth-order valence-electron chi connectivity index (χ4n) is 2.51. The van der Waals surface area contributed by atoms with Gasteiger partial charge in [0, 0.05) is 39.3 Å². The van der Waals surface area contributed by atoms with Crippen molar-refractivity contribution >= 4 is 5.91 Å². The van der Waals surface area contributed by atoms with Gasteiger partial charge in [0.25, 0.3) is 0 Å². The Morgan fingerprint density at radius 2 is 2.12 bits per heavy atom. The van der Waals surface area contributed by atoms with E-state index in [1.165, 1.54) is 0 Å². The van der Waals surface area contributed by atoms with Crippen molar-refractivity contribution in [3.05, 3.63) is 0 Å². The molecule has 0 aliphatic carbocycles. The van der Waals surface area contributed by atoms with Crippen molar-refractivity contribution in [1.82, 2.24) is 9.80 Å². The summed E-state index contributed by atoms with van der Waals surface area (Å²) in [6.07, 6.45) is 0.577. The average Bonchev–Trinajstić information content (AvgIpc) is 2.82. The number of carbonyl (C=O) groups is 1. The van der Waals surface area contributed by atoms with Gasteiger partial charge in [-0.15, -0.1) is 0 Å². The molecule has 1 amide bonds. The van der Waals surface area contributed by atoms with Crippen LogP contribution in [0.1, 0.15) is 13.3 Å². The molecule has 2 rings (SSSR count). The molecule has 2 fully saturated rings. The summed E-state index contributed by atoms with van der Waals surface area (Å²) in [6, 6.07) is 0. The molecule has 0 aromatic heterocycles. The van der Waals surface area contributed by atoms with Crippen LogP contribution < -0.4 is 0 Å². The van der Waals surface area contributed by atoms with Gasteiger partial charge in [0.05, 0.1) is 18.6 Å². The summed E-state index contributed by atoms with van der Waals surface area (Å²) >= 11 is 0. The second-order valence-corrected chi connectivity index (χ2v) is 5.04. The van der Waals surface area contributed by atoms with Crippen LogP contribution >= 0.6 is 0 Å². The number of hydrogen-bond acceptors (Lipinski definition) is 4. The Bertz CT molecular complexity index is 256. The Labute approximate surface area is 102 Å². The van der Waals surface area contributed by atoms with Gasteiger partial charge in [0.2, 0.25) is 5.91 Å². The minimum Gasteiger partial charge on any atom is -0.392 e. The van der Waals surface area contributed by atoms with Crippen molar-refractivity contribution in [2.75, 3.05) is 45.9 Å². The van der Waals surface area contributed by atoms with E-state index in [9.17, 15) is 9.90 Å². The van der Waals surface area contributed by atoms with Crippen LogP contribution in [0.25, 0.3) is 0 Å². The molecule has 0 spiro atoms. The van der Waals surface area contributed by atoms with Crippen molar-refractivity contribution in [3.63, 3.8) is 0 Å². The van der Waals surface area contributed by atoms with Crippen LogP contribution in [0.4, 0.5) is 0 Å². The van der Waals surface area contributed by atoms with E-state index in [2.05, 4.69) is 4.90 Å². The summed E-state index contributed by atoms with van der Waals surface area (Å²) in [5.41, 5.74) is 0. The van der Waals surface area contributed by atoms with Gasteiger partial charge in [-0.2, -0.15) is 0 Å². The first-order valence-electron chi connectivity index (χ1n) is 6.44. The molecular formula is C12H22N2O3. The Balaban J connectivity index is 1.76. The molecule has 17 heavy (non-hydrogen) atoms. The molecule has 2 aliphatic rings. The topological polar surface area (TPSA) is 53.0 Å². The van der Waals surface area contributed by atoms with E-state index in [-0.39, 0.29) is 17.9 Å². The molecule has 1 N–H and O–H groups in total. The van der Waals surface area contributed by atoms with E-state index >= 15 is 0 Å². The normalized spacial score (nSPS) is 28.4. The number of rotatable bonds is 3. The zero-order chi connectivity index (χ0) is 12.3. The standard InChI is InChI=1S/C12H22N2O3/c1-10(15)8-13-3-5-14(6-4-13)12(16)11-2-7-17-9-11/h10-11,15H,2-9H2,1H3/t10-,11-/m0/s1. The van der Waals surface area contributed by atoms with E-state index in [0.29, 0.717) is 13.2 Å². The lowest BCUT2D eigenvalue weighted by Gasteiger charge is -2.36. The first kappa shape index (κ1) is 12.8. The molecule has 0 aromatic carbocycles. The highest BCUT2D eigenvalue weighted by Gasteiger charge is 2.30. The second-order valence-electron chi connectivity index (χ2n) is 5.04. The fourth-order valence-corrected chi connectivity index (χ4v) is 2.51. The molecule has 98 valence electrons. The van der Waals surface area contributed by atoms with Gasteiger partial charge in [0.15, 0.2) is 0 Å². The number of piperazine rings is 1. The number of aliphatic hydroxyl groups excluding tert-OH is 1. The zero-order valence-corrected chi connectivity index (χ0v) is 10.5. The van der Waals surface area contributed by atoms with Crippen LogP contribution in [0.3, 0.4) is 0 Å². The lowest BCUT2D eigenvalue weighted by molar-refractivity contribution is -0.137. The highest BCUT2D eigenvalue weighted by Crippen LogP contribution is 2.16. The van der Waals surface area contributed by atoms with Crippen molar-refractivity contribution < 1.29 is 14.6 Å². The number of aliphatic hydroxyl groups is 1. The summed E-state index contributed by atoms with van der Waals surface area (Å²) < 4.78 is 5.25. The van der Waals surface area contributed by atoms with Gasteiger partial charge in [-0.25, -0.2) is 0 Å². The van der Waals surface area contributed by atoms with Crippen LogP contribution in [-0.4, -0.2) is 72.9 Å². The highest BCUT2D eigenvalue weighted by atomic mass is 16.5. The Morgan fingerprint density at radius 3 is 2.65 bits per heavy atom. The Kier molecular flexibility index (Phi) is 4.36. The largest absolute Gasteiger partial charge is 0.392 e. The van der Waals surface area contributed by atoms with E-state index in [1.807, 2.05) is 4.90 Å². The third kappa shape index (κ3) is 3.40. The maximum absolute atomic E-state index is 12.1. The molecule has 2 aliphatic heterocycles. The monoisotopic (exact) mass is 242 g/mol. The molecule has 5 nitrogen and oxygen atoms in total. The predicted molar refractivity (Wildman–Crippen MR) is 63.6 cm³/mol. The fraction of sp³-hybridized carbons (Fsp3) is 0.917. The minimum absolute atomic E-state index is 0.0818. The second kappa shape index (κ2) is 5.80. The van der Waals surface area contributed by atoms with Crippen LogP contribution in [-0.2, 0) is 9.53 Å². The number of β-amino-alcohol motifs (C(OH)–C–C–N with tert-alkyl or cyclic N) is 1. The predicted octanol–water partition coefficient (Wildman–Crippen LogP) is -0.452. The van der Waals surface area contributed by atoms with Gasteiger partial charge in [-0.1, -0.05) is 0 Å². The van der Waals surface area contributed by atoms with Crippen LogP contribution in [0, 0.1) is 5.92 Å². The molecule has 0 aromatic rings. The van der Waals surface area contributed by atoms with Crippen molar-refractivity contribution in [3.8, 4) is 0 Å². The lowest BCUT2D eigenvalue weighted by atomic mass is 10.1. The molecule has 0 bridgehead atoms. The molecule has 0 unspecified atom stereocenters. The van der Waals surface area contributed by atoms with Gasteiger partial charge in [-0.3, -0.25) is 9.69 Å². The summed E-state index contributed by atoms with van der Waals surface area (Å²) in [6.45, 7) is 7.10. The van der Waals surface area contributed by atoms with E-state index in [4.69, 9.17) is 4.74 Å². The van der Waals surface area contributed by atoms with E-state index in [0.717, 1.165) is 39.2 Å². The first-order chi connectivity index (χ1) is 8.16. The molecule has 0 saturated carbocycles. The molecular weight excluding hydrogens is 220 g/mol. The average molecular weight is 242 g/mol. The Hall–Kier alpha value is -0.650. The third-order valence-corrected chi connectivity index (χ3v) is 3.49. The number of amides is 1. The summed E-state index contributed by atoms with van der Waals surface area (Å²) in [7, 11) is 0. The minimum atomic E-state index is -0.291. The van der Waals surface area contributed by atoms with Gasteiger partial charge < -0.3 is 14.7 Å². The highest BCUT2D eigenvalue weighted by molar-refractivity contribution is 5.79. The lowest BCUT2D eigenvalue weighted by Crippen LogP contribution is -2.51. The molecule has 2 heterocycles. The molecule has 2 atom stereocenters. The van der Waals surface area contributed by atoms with E-state index < -0.39 is 0 Å². The first-order valence-corrected chi connectivity index (χ1v) is 6.44. The van der Waals surface area contributed by atoms with Crippen molar-refractivity contribution in [2.24, 2.45) is 5.92 Å². The number of nitrogens with zero attached hydrogens (tertiary/aromatic N) is 2. The molecule has 0 radical (unpaired) electrons. The number of carbonyl (C=O) groups excluding carboxylic acids is 1. The number of hydrogen-bond donors (Lipinski definition) is 1. The quantitative estimate of drug-likeness (QED) is 0.728. The number of ether oxygens (including phenoxy) is 1. The van der Waals surface area contributed by atoms with Crippen LogP contribution in [0.15, 0.2) is 0 Å². The SMILES string of the molecule is C[C@H](O)CN1CCN(C(=O)[C@H]2CCOC2)CC1. The third-order valence-electron chi connectivity index (χ3n) is 3.49. The van der Waals surface area contributed by atoms with Gasteiger partial charge >= 0.3 is 0 Å². The van der Waals surface area contributed by atoms with Crippen LogP contribution in [0.2, 0.25) is 0 Å². The maximum Gasteiger partial charge on any atom is 0.228 e.